The molecule has 0 atom stereocenters. The number of carbonyl (C=O) groups excluding carboxylic acids is 2. The normalized spacial score (nSPS) is 19.9. The summed E-state index contributed by atoms with van der Waals surface area (Å²) in [5.74, 6) is -0.294. The van der Waals surface area contributed by atoms with Crippen LogP contribution in [0.4, 0.5) is 0 Å². The molecule has 2 aliphatic rings. The van der Waals surface area contributed by atoms with Crippen LogP contribution in [-0.2, 0) is 16.1 Å². The summed E-state index contributed by atoms with van der Waals surface area (Å²) in [7, 11) is 0. The quantitative estimate of drug-likeness (QED) is 0.825. The molecule has 5 heteroatoms. The van der Waals surface area contributed by atoms with Crippen molar-refractivity contribution in [3.63, 3.8) is 0 Å². The molecule has 1 saturated carbocycles. The fourth-order valence-corrected chi connectivity index (χ4v) is 4.31. The Morgan fingerprint density at radius 2 is 1.85 bits per heavy atom. The van der Waals surface area contributed by atoms with Crippen LogP contribution in [0.3, 0.4) is 0 Å². The van der Waals surface area contributed by atoms with Gasteiger partial charge in [0.1, 0.15) is 0 Å². The van der Waals surface area contributed by atoms with Gasteiger partial charge in [-0.3, -0.25) is 14.5 Å². The van der Waals surface area contributed by atoms with E-state index >= 15 is 0 Å². The molecule has 0 aromatic heterocycles. The maximum Gasteiger partial charge on any atom is 0.243 e. The lowest BCUT2D eigenvalue weighted by atomic mass is 9.78. The molecule has 1 aromatic carbocycles. The van der Waals surface area contributed by atoms with Crippen LogP contribution in [-0.4, -0.2) is 53.3 Å². The highest BCUT2D eigenvalue weighted by Crippen LogP contribution is 2.37. The molecular weight excluding hydrogens is 326 g/mol. The van der Waals surface area contributed by atoms with E-state index in [-0.39, 0.29) is 23.9 Å². The molecule has 0 radical (unpaired) electrons. The Balaban J connectivity index is 1.69. The number of amides is 2. The fourth-order valence-electron chi connectivity index (χ4n) is 4.31. The molecule has 26 heavy (non-hydrogen) atoms. The summed E-state index contributed by atoms with van der Waals surface area (Å²) in [5.41, 5.74) is 1.40. The Labute approximate surface area is 156 Å². The van der Waals surface area contributed by atoms with E-state index in [0.29, 0.717) is 0 Å². The number of carbonyl (C=O) groups is 2. The Morgan fingerprint density at radius 3 is 2.54 bits per heavy atom. The van der Waals surface area contributed by atoms with Crippen molar-refractivity contribution in [1.29, 1.82) is 0 Å². The van der Waals surface area contributed by atoms with Gasteiger partial charge in [-0.1, -0.05) is 56.2 Å². The summed E-state index contributed by atoms with van der Waals surface area (Å²) in [6.07, 6.45) is 7.21. The average molecular weight is 355 g/mol. The maximum absolute atomic E-state index is 12.6. The summed E-state index contributed by atoms with van der Waals surface area (Å²) in [6.45, 7) is 6.79. The lowest BCUT2D eigenvalue weighted by molar-refractivity contribution is -0.139. The van der Waals surface area contributed by atoms with Gasteiger partial charge in [-0.2, -0.15) is 0 Å². The predicted molar refractivity (Wildman–Crippen MR) is 102 cm³/mol. The molecule has 5 nitrogen and oxygen atoms in total. The summed E-state index contributed by atoms with van der Waals surface area (Å²) in [5, 5.41) is 2.61. The summed E-state index contributed by atoms with van der Waals surface area (Å²) in [4.78, 5) is 28.4. The minimum Gasteiger partial charge on any atom is -0.343 e. The highest BCUT2D eigenvalue weighted by Gasteiger charge is 2.43. The number of piperazine rings is 1. The molecule has 3 rings (SSSR count). The number of benzene rings is 1. The van der Waals surface area contributed by atoms with Crippen LogP contribution in [0.5, 0.6) is 0 Å². The molecular formula is C21H29N3O2. The molecule has 0 bridgehead atoms. The smallest absolute Gasteiger partial charge is 0.243 e. The van der Waals surface area contributed by atoms with Crippen molar-refractivity contribution in [2.75, 3.05) is 26.2 Å². The molecule has 1 heterocycles. The second kappa shape index (κ2) is 8.49. The first-order valence-corrected chi connectivity index (χ1v) is 9.60. The van der Waals surface area contributed by atoms with Crippen LogP contribution in [0, 0.1) is 0 Å². The average Bonchev–Trinajstić information content (AvgIpc) is 2.69. The lowest BCUT2D eigenvalue weighted by Gasteiger charge is -2.53. The molecule has 1 aromatic rings. The van der Waals surface area contributed by atoms with Gasteiger partial charge in [0, 0.05) is 31.7 Å². The fraction of sp³-hybridized carbons (Fsp3) is 0.524. The molecule has 2 fully saturated rings. The van der Waals surface area contributed by atoms with E-state index in [4.69, 9.17) is 0 Å². The Kier molecular flexibility index (Phi) is 6.09. The van der Waals surface area contributed by atoms with E-state index in [0.717, 1.165) is 39.0 Å². The first-order chi connectivity index (χ1) is 12.6. The number of hydrogen-bond acceptors (Lipinski definition) is 3. The largest absolute Gasteiger partial charge is 0.343 e. The zero-order valence-electron chi connectivity index (χ0n) is 15.5. The Hall–Kier alpha value is -2.14. The third kappa shape index (κ3) is 4.33. The van der Waals surface area contributed by atoms with Crippen LogP contribution in [0.15, 0.2) is 43.0 Å². The predicted octanol–water partition coefficient (Wildman–Crippen LogP) is 2.34. The van der Waals surface area contributed by atoms with Crippen molar-refractivity contribution in [1.82, 2.24) is 15.1 Å². The van der Waals surface area contributed by atoms with Crippen LogP contribution in [0.25, 0.3) is 0 Å². The summed E-state index contributed by atoms with van der Waals surface area (Å²) < 4.78 is 0. The van der Waals surface area contributed by atoms with Gasteiger partial charge in [0.25, 0.3) is 0 Å². The first kappa shape index (κ1) is 18.6. The summed E-state index contributed by atoms with van der Waals surface area (Å²) >= 11 is 0. The number of hydrogen-bond donors (Lipinski definition) is 1. The van der Waals surface area contributed by atoms with Crippen molar-refractivity contribution >= 4 is 11.8 Å². The van der Waals surface area contributed by atoms with Crippen LogP contribution >= 0.6 is 0 Å². The van der Waals surface area contributed by atoms with E-state index in [1.165, 1.54) is 30.9 Å². The highest BCUT2D eigenvalue weighted by molar-refractivity contribution is 5.90. The van der Waals surface area contributed by atoms with Gasteiger partial charge in [-0.05, 0) is 24.5 Å². The van der Waals surface area contributed by atoms with Gasteiger partial charge in [-0.15, -0.1) is 0 Å². The zero-order chi connectivity index (χ0) is 18.4. The molecule has 140 valence electrons. The van der Waals surface area contributed by atoms with Crippen LogP contribution in [0.2, 0.25) is 0 Å². The Bertz CT molecular complexity index is 638. The van der Waals surface area contributed by atoms with Gasteiger partial charge in [0.15, 0.2) is 0 Å². The molecule has 1 saturated heterocycles. The van der Waals surface area contributed by atoms with Gasteiger partial charge in [0.2, 0.25) is 11.8 Å². The standard InChI is InChI=1S/C21H29N3O2/c1-2-19(25)22-15-20(26)23-13-14-24(16-18-9-5-3-6-10-18)21(17-23)11-7-4-8-12-21/h2-3,5-6,9-10H,1,4,7-8,11-17H2,(H,22,25). The maximum atomic E-state index is 12.6. The topological polar surface area (TPSA) is 52.7 Å². The van der Waals surface area contributed by atoms with Crippen LogP contribution < -0.4 is 5.32 Å². The third-order valence-electron chi connectivity index (χ3n) is 5.75. The Morgan fingerprint density at radius 1 is 1.12 bits per heavy atom. The second-order valence-corrected chi connectivity index (χ2v) is 7.43. The van der Waals surface area contributed by atoms with Gasteiger partial charge in [-0.25, -0.2) is 0 Å². The third-order valence-corrected chi connectivity index (χ3v) is 5.75. The van der Waals surface area contributed by atoms with Gasteiger partial charge < -0.3 is 10.2 Å². The van der Waals surface area contributed by atoms with Crippen molar-refractivity contribution in [3.8, 4) is 0 Å². The molecule has 1 aliphatic carbocycles. The van der Waals surface area contributed by atoms with Gasteiger partial charge >= 0.3 is 0 Å². The summed E-state index contributed by atoms with van der Waals surface area (Å²) in [6, 6.07) is 10.6. The van der Waals surface area contributed by atoms with Crippen molar-refractivity contribution in [3.05, 3.63) is 48.6 Å². The molecule has 2 amide bonds. The SMILES string of the molecule is C=CC(=O)NCC(=O)N1CCN(Cc2ccccc2)C2(CCCCC2)C1. The van der Waals surface area contributed by atoms with E-state index in [2.05, 4.69) is 41.1 Å². The number of nitrogens with one attached hydrogen (secondary N) is 1. The van der Waals surface area contributed by atoms with E-state index in [1.54, 1.807) is 0 Å². The van der Waals surface area contributed by atoms with E-state index < -0.39 is 0 Å². The molecule has 0 unspecified atom stereocenters. The molecule has 1 spiro atoms. The van der Waals surface area contributed by atoms with Gasteiger partial charge in [0.05, 0.1) is 6.54 Å². The molecule has 1 aliphatic heterocycles. The minimum absolute atomic E-state index is 0.00418. The minimum atomic E-state index is -0.298. The number of nitrogens with zero attached hydrogens (tertiary/aromatic N) is 2. The van der Waals surface area contributed by atoms with E-state index in [1.807, 2.05) is 11.0 Å². The van der Waals surface area contributed by atoms with E-state index in [9.17, 15) is 9.59 Å². The van der Waals surface area contributed by atoms with Crippen molar-refractivity contribution < 1.29 is 9.59 Å². The monoisotopic (exact) mass is 355 g/mol. The van der Waals surface area contributed by atoms with Crippen molar-refractivity contribution in [2.24, 2.45) is 0 Å². The van der Waals surface area contributed by atoms with Crippen molar-refractivity contribution in [2.45, 2.75) is 44.2 Å². The first-order valence-electron chi connectivity index (χ1n) is 9.60. The second-order valence-electron chi connectivity index (χ2n) is 7.43. The highest BCUT2D eigenvalue weighted by atomic mass is 16.2. The lowest BCUT2D eigenvalue weighted by Crippen LogP contribution is -2.64. The molecule has 1 N–H and O–H groups in total. The number of rotatable bonds is 5. The van der Waals surface area contributed by atoms with Crippen LogP contribution in [0.1, 0.15) is 37.7 Å². The zero-order valence-corrected chi connectivity index (χ0v) is 15.5.